The van der Waals surface area contributed by atoms with Crippen molar-refractivity contribution in [1.29, 1.82) is 0 Å². The molecule has 4 saturated heterocycles. The first-order valence-corrected chi connectivity index (χ1v) is 30.1. The van der Waals surface area contributed by atoms with E-state index in [4.69, 9.17) is 28.4 Å². The van der Waals surface area contributed by atoms with Crippen LogP contribution in [0.5, 0.6) is 0 Å². The molecule has 422 valence electrons. The monoisotopic (exact) mass is 1070 g/mol. The zero-order chi connectivity index (χ0) is 52.8. The number of hydrogen-bond acceptors (Lipinski definition) is 17. The number of aliphatic hydroxyl groups is 9. The van der Waals surface area contributed by atoms with Gasteiger partial charge >= 0.3 is 0 Å². The Morgan fingerprint density at radius 3 is 2.16 bits per heavy atom. The molecule has 0 radical (unpaired) electrons. The lowest BCUT2D eigenvalue weighted by Gasteiger charge is -2.66. The largest absolute Gasteiger partial charge is 0.395 e. The van der Waals surface area contributed by atoms with Crippen LogP contribution in [0.15, 0.2) is 11.6 Å². The molecule has 4 aliphatic carbocycles. The Labute approximate surface area is 444 Å². The standard InChI is InChI=1S/C56H96O15S2/c1-31(39-15-17-56(8)44-13-11-40-41(54(44,6)18-19-55(39,56)7)12-14-45(52(40,2)3)70-46-23-33(60)21-35(27-57)68-46)9-10-32(53(4,5)65)16-20-66-50-49(71-51-48(64)42(62)26-38(29-59)73-51)43(63)25-36(69-50)30-67-47-24-34(61)22-37(28-58)72-47/h11,31-39,41-51,57-65H,9-10,12-30H2,1-8H3/t31-,32+,33+,34+,35+,36+,37+,38+,39?,41?,42+,43+,44?,45+,46+,47+,48-,49?,50-,51-,54+,55-,56+/m1/s1. The second kappa shape index (κ2) is 23.9. The smallest absolute Gasteiger partial charge is 0.186 e. The topological polar surface area (TPSA) is 237 Å². The van der Waals surface area contributed by atoms with Crippen LogP contribution < -0.4 is 0 Å². The maximum atomic E-state index is 11.7. The molecule has 8 aliphatic rings. The number of thioether (sulfide) groups is 2. The Balaban J connectivity index is 0.898. The van der Waals surface area contributed by atoms with Crippen LogP contribution >= 0.6 is 23.5 Å². The van der Waals surface area contributed by atoms with Gasteiger partial charge in [0.25, 0.3) is 0 Å². The summed E-state index contributed by atoms with van der Waals surface area (Å²) in [5, 5.41) is 94.8. The zero-order valence-electron chi connectivity index (χ0n) is 45.3. The summed E-state index contributed by atoms with van der Waals surface area (Å²) in [6.45, 7) is 18.6. The normalized spacial score (nSPS) is 46.9. The summed E-state index contributed by atoms with van der Waals surface area (Å²) < 4.78 is 38.3. The van der Waals surface area contributed by atoms with Crippen molar-refractivity contribution in [3.05, 3.63) is 11.6 Å². The van der Waals surface area contributed by atoms with E-state index >= 15 is 0 Å². The van der Waals surface area contributed by atoms with E-state index in [0.29, 0.717) is 55.8 Å². The van der Waals surface area contributed by atoms with Crippen molar-refractivity contribution in [2.45, 2.75) is 253 Å². The van der Waals surface area contributed by atoms with Gasteiger partial charge in [0.15, 0.2) is 12.6 Å². The fourth-order valence-corrected chi connectivity index (χ4v) is 18.7. The van der Waals surface area contributed by atoms with E-state index < -0.39 is 72.4 Å². The third kappa shape index (κ3) is 12.4. The highest BCUT2D eigenvalue weighted by molar-refractivity contribution is 8.00. The van der Waals surface area contributed by atoms with Gasteiger partial charge in [0, 0.05) is 41.6 Å². The van der Waals surface area contributed by atoms with Gasteiger partial charge in [-0.15, -0.1) is 23.5 Å². The maximum absolute atomic E-state index is 11.7. The zero-order valence-corrected chi connectivity index (χ0v) is 46.9. The Morgan fingerprint density at radius 2 is 1.45 bits per heavy atom. The lowest BCUT2D eigenvalue weighted by Crippen LogP contribution is -2.59. The van der Waals surface area contributed by atoms with E-state index in [9.17, 15) is 46.0 Å². The molecule has 0 aromatic rings. The van der Waals surface area contributed by atoms with Crippen molar-refractivity contribution in [2.24, 2.45) is 51.2 Å². The van der Waals surface area contributed by atoms with Crippen LogP contribution in [0.3, 0.4) is 0 Å². The molecule has 23 atom stereocenters. The van der Waals surface area contributed by atoms with Gasteiger partial charge < -0.3 is 74.4 Å². The van der Waals surface area contributed by atoms with Crippen LogP contribution in [0.4, 0.5) is 0 Å². The second-order valence-corrected chi connectivity index (χ2v) is 28.8. The molecule has 17 heteroatoms. The van der Waals surface area contributed by atoms with E-state index in [-0.39, 0.29) is 95.5 Å². The van der Waals surface area contributed by atoms with Crippen LogP contribution in [0.1, 0.15) is 158 Å². The Kier molecular flexibility index (Phi) is 19.3. The highest BCUT2D eigenvalue weighted by atomic mass is 32.2. The average molecular weight is 1070 g/mol. The molecule has 7 fully saturated rings. The number of fused-ring (bicyclic) bond motifs is 5. The van der Waals surface area contributed by atoms with E-state index in [0.717, 1.165) is 32.1 Å². The molecule has 73 heavy (non-hydrogen) atoms. The quantitative estimate of drug-likeness (QED) is 0.0670. The Morgan fingerprint density at radius 1 is 0.726 bits per heavy atom. The van der Waals surface area contributed by atoms with E-state index in [1.165, 1.54) is 54.8 Å². The summed E-state index contributed by atoms with van der Waals surface area (Å²) in [6, 6.07) is 0. The molecule has 3 saturated carbocycles. The molecule has 0 aromatic heterocycles. The lowest BCUT2D eigenvalue weighted by molar-refractivity contribution is -0.292. The highest BCUT2D eigenvalue weighted by Crippen LogP contribution is 2.75. The molecule has 8 rings (SSSR count). The maximum Gasteiger partial charge on any atom is 0.186 e. The van der Waals surface area contributed by atoms with E-state index in [1.807, 2.05) is 13.8 Å². The van der Waals surface area contributed by atoms with E-state index in [2.05, 4.69) is 47.6 Å². The van der Waals surface area contributed by atoms with Crippen LogP contribution in [0, 0.1) is 51.2 Å². The van der Waals surface area contributed by atoms with Crippen LogP contribution in [-0.2, 0) is 28.4 Å². The molecule has 15 nitrogen and oxygen atoms in total. The first-order chi connectivity index (χ1) is 34.4. The lowest BCUT2D eigenvalue weighted by atomic mass is 9.39. The van der Waals surface area contributed by atoms with Gasteiger partial charge in [-0.3, -0.25) is 0 Å². The third-order valence-corrected chi connectivity index (χ3v) is 23.4. The van der Waals surface area contributed by atoms with Gasteiger partial charge in [-0.05, 0) is 130 Å². The molecule has 4 heterocycles. The highest BCUT2D eigenvalue weighted by Gasteiger charge is 2.67. The number of ether oxygens (including phenoxy) is 6. The predicted octanol–water partition coefficient (Wildman–Crippen LogP) is 6.04. The Bertz CT molecular complexity index is 1820. The number of rotatable bonds is 19. The van der Waals surface area contributed by atoms with Crippen molar-refractivity contribution < 1.29 is 74.4 Å². The molecule has 9 N–H and O–H groups in total. The van der Waals surface area contributed by atoms with Crippen LogP contribution in [0.25, 0.3) is 0 Å². The van der Waals surface area contributed by atoms with Crippen molar-refractivity contribution in [3.8, 4) is 0 Å². The van der Waals surface area contributed by atoms with Gasteiger partial charge in [0.05, 0.1) is 81.4 Å². The predicted molar refractivity (Wildman–Crippen MR) is 280 cm³/mol. The summed E-state index contributed by atoms with van der Waals surface area (Å²) in [5.41, 5.74) is -0.396. The van der Waals surface area contributed by atoms with Crippen molar-refractivity contribution in [3.63, 3.8) is 0 Å². The Hall–Kier alpha value is -0.160. The molecular weight excluding hydrogens is 977 g/mol. The summed E-state index contributed by atoms with van der Waals surface area (Å²) in [4.78, 5) is 0. The first-order valence-electron chi connectivity index (χ1n) is 28.3. The minimum Gasteiger partial charge on any atom is -0.395 e. The van der Waals surface area contributed by atoms with Gasteiger partial charge in [-0.2, -0.15) is 0 Å². The molecular formula is C56H96O15S2. The number of hydrogen-bond donors (Lipinski definition) is 9. The fourth-order valence-electron chi connectivity index (χ4n) is 16.0. The second-order valence-electron chi connectivity index (χ2n) is 25.9. The summed E-state index contributed by atoms with van der Waals surface area (Å²) in [7, 11) is 0. The third-order valence-electron chi connectivity index (χ3n) is 20.6. The molecule has 4 unspecified atom stereocenters. The van der Waals surface area contributed by atoms with Crippen molar-refractivity contribution >= 4 is 23.5 Å². The first kappa shape index (κ1) is 59.0. The SMILES string of the molecule is C[C@H](CC[C@@H](CCO[C@@H]1O[C@H](CO[C@@H]2C[C@@H](O)C[C@@H](CO)S2)C[C@H](O)C1O[C@@H]1S[C@H](CO)C[C@H](O)[C@H]1O)C(C)(C)O)C1CC[C@@]2(C)C3CC=C4C(CC[C@H](O[C@H]5C[C@@H](O)C[C@@H](CO)O5)C4(C)C)[C@]3(C)CC[C@]12C. The van der Waals surface area contributed by atoms with Gasteiger partial charge in [-0.1, -0.05) is 59.6 Å². The number of aliphatic hydroxyl groups excluding tert-OH is 8. The summed E-state index contributed by atoms with van der Waals surface area (Å²) in [5.74, 6) is 1.95. The molecule has 0 spiro atoms. The van der Waals surface area contributed by atoms with Crippen LogP contribution in [0.2, 0.25) is 0 Å². The van der Waals surface area contributed by atoms with Crippen molar-refractivity contribution in [1.82, 2.24) is 0 Å². The molecule has 0 bridgehead atoms. The van der Waals surface area contributed by atoms with Gasteiger partial charge in [-0.25, -0.2) is 0 Å². The molecule has 4 aliphatic heterocycles. The van der Waals surface area contributed by atoms with Crippen LogP contribution in [-0.4, -0.2) is 173 Å². The van der Waals surface area contributed by atoms with Gasteiger partial charge in [0.1, 0.15) is 23.1 Å². The summed E-state index contributed by atoms with van der Waals surface area (Å²) >= 11 is 2.70. The van der Waals surface area contributed by atoms with E-state index in [1.54, 1.807) is 0 Å². The van der Waals surface area contributed by atoms with Crippen molar-refractivity contribution in [2.75, 3.05) is 33.0 Å². The average Bonchev–Trinajstić information content (AvgIpc) is 3.61. The number of allylic oxidation sites excluding steroid dienone is 1. The fraction of sp³-hybridized carbons (Fsp3) is 0.964. The van der Waals surface area contributed by atoms with Gasteiger partial charge in [0.2, 0.25) is 0 Å². The minimum absolute atomic E-state index is 0.0236. The molecule has 0 amide bonds. The minimum atomic E-state index is -1.25. The molecule has 0 aromatic carbocycles. The summed E-state index contributed by atoms with van der Waals surface area (Å²) in [6.07, 6.45) is 6.77.